The molecule has 0 N–H and O–H groups in total. The normalized spacial score (nSPS) is 20.7. The van der Waals surface area contributed by atoms with Gasteiger partial charge in [0.25, 0.3) is 0 Å². The van der Waals surface area contributed by atoms with Crippen LogP contribution in [0.1, 0.15) is 34.6 Å². The van der Waals surface area contributed by atoms with Gasteiger partial charge in [0.1, 0.15) is 6.61 Å². The summed E-state index contributed by atoms with van der Waals surface area (Å²) in [4.78, 5) is 15.2. The Labute approximate surface area is 198 Å². The maximum absolute atomic E-state index is 13.3. The van der Waals surface area contributed by atoms with Crippen molar-refractivity contribution in [1.29, 1.82) is 5.26 Å². The Hall–Kier alpha value is -3.88. The van der Waals surface area contributed by atoms with Crippen LogP contribution < -0.4 is 0 Å². The Bertz CT molecular complexity index is 1290. The molecule has 0 aromatic heterocycles. The number of nitriles is 1. The number of nitrogens with zero attached hydrogens (tertiary/aromatic N) is 2. The van der Waals surface area contributed by atoms with Crippen LogP contribution in [0.25, 0.3) is 16.7 Å². The highest BCUT2D eigenvalue weighted by molar-refractivity contribution is 5.80. The van der Waals surface area contributed by atoms with Gasteiger partial charge >= 0.3 is 6.09 Å². The summed E-state index contributed by atoms with van der Waals surface area (Å²) in [6, 6.07) is 26.3. The molecule has 5 heteroatoms. The van der Waals surface area contributed by atoms with Crippen molar-refractivity contribution in [2.45, 2.75) is 24.4 Å². The molecule has 2 atom stereocenters. The maximum Gasteiger partial charge on any atom is 0.410 e. The van der Waals surface area contributed by atoms with Crippen LogP contribution in [0, 0.1) is 11.3 Å². The number of hydrogen-bond donors (Lipinski definition) is 0. The fraction of sp³-hybridized carbons (Fsp3) is 0.241. The number of hydrogen-bond acceptors (Lipinski definition) is 4. The molecule has 168 valence electrons. The van der Waals surface area contributed by atoms with Gasteiger partial charge in [-0.3, -0.25) is 4.90 Å². The minimum absolute atomic E-state index is 0.0332. The topological polar surface area (TPSA) is 62.6 Å². The third-order valence-corrected chi connectivity index (χ3v) is 7.14. The van der Waals surface area contributed by atoms with E-state index in [2.05, 4.69) is 36.4 Å². The first-order chi connectivity index (χ1) is 16.7. The van der Waals surface area contributed by atoms with Gasteiger partial charge in [-0.1, -0.05) is 72.8 Å². The van der Waals surface area contributed by atoms with Gasteiger partial charge in [0.05, 0.1) is 36.9 Å². The van der Waals surface area contributed by atoms with Crippen LogP contribution in [0.5, 0.6) is 0 Å². The second kappa shape index (κ2) is 8.48. The lowest BCUT2D eigenvalue weighted by atomic mass is 9.88. The molecule has 1 aliphatic carbocycles. The van der Waals surface area contributed by atoms with Crippen molar-refractivity contribution >= 4 is 11.7 Å². The summed E-state index contributed by atoms with van der Waals surface area (Å²) in [5.41, 5.74) is 7.52. The van der Waals surface area contributed by atoms with Crippen LogP contribution in [0.3, 0.4) is 0 Å². The first-order valence-corrected chi connectivity index (χ1v) is 11.7. The van der Waals surface area contributed by atoms with Crippen LogP contribution in [-0.4, -0.2) is 42.9 Å². The Morgan fingerprint density at radius 1 is 0.941 bits per heavy atom. The number of morpholine rings is 1. The average Bonchev–Trinajstić information content (AvgIpc) is 3.20. The summed E-state index contributed by atoms with van der Waals surface area (Å²) in [5.74, 6) is 0.0332. The predicted octanol–water partition coefficient (Wildman–Crippen LogP) is 5.36. The zero-order valence-electron chi connectivity index (χ0n) is 18.7. The zero-order valence-corrected chi connectivity index (χ0v) is 18.7. The highest BCUT2D eigenvalue weighted by atomic mass is 16.6. The molecule has 2 aliphatic heterocycles. The first kappa shape index (κ1) is 20.7. The van der Waals surface area contributed by atoms with Gasteiger partial charge in [-0.2, -0.15) is 5.26 Å². The third kappa shape index (κ3) is 3.39. The van der Waals surface area contributed by atoms with E-state index in [9.17, 15) is 10.1 Å². The van der Waals surface area contributed by atoms with Crippen LogP contribution in [-0.2, 0) is 9.47 Å². The van der Waals surface area contributed by atoms with E-state index in [0.717, 1.165) is 11.1 Å². The minimum Gasteiger partial charge on any atom is -0.448 e. The van der Waals surface area contributed by atoms with E-state index >= 15 is 0 Å². The quantitative estimate of drug-likeness (QED) is 0.541. The highest BCUT2D eigenvalue weighted by Crippen LogP contribution is 2.44. The Morgan fingerprint density at radius 3 is 2.26 bits per heavy atom. The van der Waals surface area contributed by atoms with Gasteiger partial charge < -0.3 is 9.47 Å². The lowest BCUT2D eigenvalue weighted by Gasteiger charge is -2.44. The SMILES string of the molecule is N#Cc1ccccc1C1=CC2COCC(C1)N2C(=O)OCC1c2ccccc2-c2ccccc21. The van der Waals surface area contributed by atoms with Crippen molar-refractivity contribution in [2.24, 2.45) is 0 Å². The fourth-order valence-electron chi connectivity index (χ4n) is 5.61. The van der Waals surface area contributed by atoms with Crippen molar-refractivity contribution in [1.82, 2.24) is 4.90 Å². The molecule has 3 aromatic rings. The van der Waals surface area contributed by atoms with Crippen molar-refractivity contribution in [3.05, 3.63) is 101 Å². The second-order valence-electron chi connectivity index (χ2n) is 9.02. The first-order valence-electron chi connectivity index (χ1n) is 11.7. The summed E-state index contributed by atoms with van der Waals surface area (Å²) in [5, 5.41) is 9.52. The van der Waals surface area contributed by atoms with Gasteiger partial charge in [0, 0.05) is 5.92 Å². The van der Waals surface area contributed by atoms with Crippen LogP contribution in [0.2, 0.25) is 0 Å². The van der Waals surface area contributed by atoms with Crippen molar-refractivity contribution in [3.63, 3.8) is 0 Å². The Morgan fingerprint density at radius 2 is 1.59 bits per heavy atom. The van der Waals surface area contributed by atoms with Gasteiger partial charge in [-0.25, -0.2) is 4.79 Å². The number of amides is 1. The molecule has 5 nitrogen and oxygen atoms in total. The molecule has 3 aliphatic rings. The molecular formula is C29H24N2O3. The van der Waals surface area contributed by atoms with E-state index in [4.69, 9.17) is 9.47 Å². The molecule has 1 saturated heterocycles. The molecule has 3 aromatic carbocycles. The number of carbonyl (C=O) groups is 1. The third-order valence-electron chi connectivity index (χ3n) is 7.14. The standard InChI is InChI=1S/C29H24N2O3/c30-15-19-7-1-2-8-23(19)20-13-21-16-33-17-22(14-20)31(21)29(32)34-18-28-26-11-5-3-9-24(26)25-10-4-6-12-27(25)28/h1-13,21-22,28H,14,16-18H2. The number of rotatable bonds is 3. The fourth-order valence-corrected chi connectivity index (χ4v) is 5.61. The summed E-state index contributed by atoms with van der Waals surface area (Å²) in [6.45, 7) is 1.20. The van der Waals surface area contributed by atoms with E-state index in [-0.39, 0.29) is 24.1 Å². The molecule has 2 heterocycles. The van der Waals surface area contributed by atoms with Crippen LogP contribution in [0.4, 0.5) is 4.79 Å². The van der Waals surface area contributed by atoms with Crippen molar-refractivity contribution in [3.8, 4) is 17.2 Å². The summed E-state index contributed by atoms with van der Waals surface area (Å²) in [6.07, 6.45) is 2.40. The summed E-state index contributed by atoms with van der Waals surface area (Å²) in [7, 11) is 0. The number of benzene rings is 3. The Kier molecular flexibility index (Phi) is 5.16. The summed E-state index contributed by atoms with van der Waals surface area (Å²) >= 11 is 0. The van der Waals surface area contributed by atoms with E-state index in [1.807, 2.05) is 53.4 Å². The van der Waals surface area contributed by atoms with Gasteiger partial charge in [0.2, 0.25) is 0 Å². The average molecular weight is 449 g/mol. The van der Waals surface area contributed by atoms with E-state index in [1.165, 1.54) is 22.3 Å². The van der Waals surface area contributed by atoms with E-state index < -0.39 is 0 Å². The minimum atomic E-state index is -0.302. The van der Waals surface area contributed by atoms with Crippen LogP contribution >= 0.6 is 0 Å². The largest absolute Gasteiger partial charge is 0.448 e. The number of carbonyl (C=O) groups excluding carboxylic acids is 1. The summed E-state index contributed by atoms with van der Waals surface area (Å²) < 4.78 is 11.7. The Balaban J connectivity index is 1.23. The molecule has 2 bridgehead atoms. The monoisotopic (exact) mass is 448 g/mol. The smallest absolute Gasteiger partial charge is 0.410 e. The number of fused-ring (bicyclic) bond motifs is 5. The molecule has 0 saturated carbocycles. The van der Waals surface area contributed by atoms with E-state index in [1.54, 1.807) is 0 Å². The van der Waals surface area contributed by atoms with Gasteiger partial charge in [0.15, 0.2) is 0 Å². The van der Waals surface area contributed by atoms with Crippen LogP contribution in [0.15, 0.2) is 78.9 Å². The molecule has 0 spiro atoms. The lowest BCUT2D eigenvalue weighted by Crippen LogP contribution is -2.56. The molecule has 1 fully saturated rings. The zero-order chi connectivity index (χ0) is 23.1. The molecule has 6 rings (SSSR count). The molecule has 1 amide bonds. The second-order valence-corrected chi connectivity index (χ2v) is 9.02. The predicted molar refractivity (Wildman–Crippen MR) is 129 cm³/mol. The van der Waals surface area contributed by atoms with Gasteiger partial charge in [-0.05, 0) is 45.9 Å². The van der Waals surface area contributed by atoms with Crippen molar-refractivity contribution < 1.29 is 14.3 Å². The van der Waals surface area contributed by atoms with E-state index in [0.29, 0.717) is 31.8 Å². The number of ether oxygens (including phenoxy) is 2. The highest BCUT2D eigenvalue weighted by Gasteiger charge is 2.40. The molecule has 2 unspecified atom stereocenters. The molecule has 34 heavy (non-hydrogen) atoms. The molecular weight excluding hydrogens is 424 g/mol. The van der Waals surface area contributed by atoms with Gasteiger partial charge in [-0.15, -0.1) is 0 Å². The molecule has 0 radical (unpaired) electrons. The lowest BCUT2D eigenvalue weighted by molar-refractivity contribution is -0.0331. The maximum atomic E-state index is 13.3. The van der Waals surface area contributed by atoms with Crippen molar-refractivity contribution in [2.75, 3.05) is 19.8 Å².